The Bertz CT molecular complexity index is 1830. The summed E-state index contributed by atoms with van der Waals surface area (Å²) in [5.41, 5.74) is 7.54. The summed E-state index contributed by atoms with van der Waals surface area (Å²) in [5.74, 6) is -4.58. The zero-order valence-corrected chi connectivity index (χ0v) is 33.8. The molecule has 0 saturated heterocycles. The second-order valence-corrected chi connectivity index (χ2v) is 17.2. The maximum absolute atomic E-state index is 15.0. The molecule has 0 spiro atoms. The highest BCUT2D eigenvalue weighted by Gasteiger charge is 2.37. The Morgan fingerprint density at radius 2 is 1.57 bits per heavy atom. The van der Waals surface area contributed by atoms with Crippen LogP contribution in [0.15, 0.2) is 60.8 Å². The molecule has 2 aromatic carbocycles. The van der Waals surface area contributed by atoms with Crippen molar-refractivity contribution in [2.24, 2.45) is 11.1 Å². The third-order valence-corrected chi connectivity index (χ3v) is 9.09. The number of nitrogens with one attached hydrogen (secondary N) is 3. The van der Waals surface area contributed by atoms with E-state index in [4.69, 9.17) is 10.8 Å². The van der Waals surface area contributed by atoms with Crippen molar-refractivity contribution in [1.82, 2.24) is 25.4 Å². The third-order valence-electron chi connectivity index (χ3n) is 8.89. The van der Waals surface area contributed by atoms with Crippen LogP contribution in [-0.4, -0.2) is 104 Å². The molecule has 16 heteroatoms. The predicted molar refractivity (Wildman–Crippen MR) is 208 cm³/mol. The van der Waals surface area contributed by atoms with Gasteiger partial charge < -0.3 is 41.4 Å². The minimum absolute atomic E-state index is 0.0172. The van der Waals surface area contributed by atoms with E-state index >= 15 is 4.39 Å². The molecular formula is C40H53AlF2N6O7. The van der Waals surface area contributed by atoms with Crippen LogP contribution < -0.4 is 21.7 Å². The van der Waals surface area contributed by atoms with E-state index in [-0.39, 0.29) is 50.9 Å². The highest BCUT2D eigenvalue weighted by atomic mass is 27.0. The summed E-state index contributed by atoms with van der Waals surface area (Å²) in [6.45, 7) is 8.73. The summed E-state index contributed by atoms with van der Waals surface area (Å²) in [7, 11) is 0. The number of nitrogens with two attached hydrogens (primary N) is 1. The van der Waals surface area contributed by atoms with Gasteiger partial charge in [0.2, 0.25) is 23.6 Å². The van der Waals surface area contributed by atoms with Crippen LogP contribution in [0.3, 0.4) is 0 Å². The second kappa shape index (κ2) is 20.5. The number of hydrogen-bond donors (Lipinski definition) is 6. The van der Waals surface area contributed by atoms with E-state index in [2.05, 4.69) is 32.2 Å². The summed E-state index contributed by atoms with van der Waals surface area (Å²) in [5, 5.41) is 27.0. The van der Waals surface area contributed by atoms with Crippen molar-refractivity contribution in [3.63, 3.8) is 0 Å². The molecule has 0 aliphatic carbocycles. The third kappa shape index (κ3) is 14.2. The van der Waals surface area contributed by atoms with E-state index in [1.165, 1.54) is 4.90 Å². The predicted octanol–water partition coefficient (Wildman–Crippen LogP) is 3.45. The summed E-state index contributed by atoms with van der Waals surface area (Å²) in [4.78, 5) is 64.4. The molecule has 2 radical (unpaired) electrons. The van der Waals surface area contributed by atoms with Gasteiger partial charge in [0.05, 0.1) is 12.1 Å². The fourth-order valence-electron chi connectivity index (χ4n) is 6.33. The van der Waals surface area contributed by atoms with Crippen molar-refractivity contribution < 1.29 is 43.0 Å². The van der Waals surface area contributed by atoms with E-state index in [1.54, 1.807) is 12.3 Å². The number of aromatic nitrogens is 1. The minimum Gasteiger partial charge on any atom is -0.481 e. The number of carboxylic acid groups (broad SMARTS) is 1. The Morgan fingerprint density at radius 1 is 0.929 bits per heavy atom. The standard InChI is InChI=1S/C40H53F2N6O7.Al/c1-25(2)19-34(50)46-32(13-14-36(52)53)39(55)45-17-16-44-38(54)31(43)15-18-48(35(51)24-49)37(40(3,4)5)33-20-27(29-21-28(41)11-12-30(29)42)23-47(33)22-26-9-7-6-8-10-26;/h6-12,20-21,23,31-32,37,49H,13-19,22,24,43H2,1-5H3,(H,44,54)(H,45,55)(H,46,50)(H,52,53);/t31-,32+,37-;/m0./s1. The van der Waals surface area contributed by atoms with Gasteiger partial charge in [-0.1, -0.05) is 69.2 Å². The van der Waals surface area contributed by atoms with Gasteiger partial charge in [0.25, 0.3) is 0 Å². The quantitative estimate of drug-likeness (QED) is 0.0739. The summed E-state index contributed by atoms with van der Waals surface area (Å²) in [6.07, 6.45) is 1.31. The Hall–Kier alpha value is -4.62. The molecular weight excluding hydrogens is 741 g/mol. The Labute approximate surface area is 334 Å². The molecule has 3 aromatic rings. The van der Waals surface area contributed by atoms with E-state index in [0.29, 0.717) is 17.8 Å². The Kier molecular flexibility index (Phi) is 16.8. The number of rotatable bonds is 20. The molecule has 0 bridgehead atoms. The number of hydrogen-bond acceptors (Lipinski definition) is 7. The van der Waals surface area contributed by atoms with Gasteiger partial charge in [-0.2, -0.15) is 0 Å². The van der Waals surface area contributed by atoms with Crippen LogP contribution in [0.2, 0.25) is 4.28 Å². The molecule has 3 rings (SSSR count). The van der Waals surface area contributed by atoms with Crippen LogP contribution in [-0.2, 0) is 30.5 Å². The van der Waals surface area contributed by atoms with Gasteiger partial charge in [-0.15, -0.1) is 0 Å². The highest BCUT2D eigenvalue weighted by Crippen LogP contribution is 2.41. The summed E-state index contributed by atoms with van der Waals surface area (Å²) >= 11 is 2.53. The second-order valence-electron chi connectivity index (χ2n) is 15.6. The SMILES string of the molecule is C[C](C)([Al])CC(=O)N[C@H](CCC(=O)O)C(=O)NCCNC(=O)[C@@H](N)CCN(C(=O)CO)[C@@H](c1cc(-c2cc(F)ccc2F)cn1Cc1ccccc1)C(C)(C)C. The Morgan fingerprint density at radius 3 is 2.16 bits per heavy atom. The largest absolute Gasteiger partial charge is 0.481 e. The Balaban J connectivity index is 1.76. The van der Waals surface area contributed by atoms with Gasteiger partial charge in [0.15, 0.2) is 0 Å². The molecule has 3 atom stereocenters. The van der Waals surface area contributed by atoms with Crippen molar-refractivity contribution in [3.05, 3.63) is 83.7 Å². The number of halogens is 2. The van der Waals surface area contributed by atoms with Gasteiger partial charge >= 0.3 is 5.97 Å². The number of aliphatic hydroxyl groups is 1. The van der Waals surface area contributed by atoms with Gasteiger partial charge in [0.1, 0.15) is 40.6 Å². The number of carbonyl (C=O) groups excluding carboxylic acids is 4. The minimum atomic E-state index is -1.12. The molecule has 7 N–H and O–H groups in total. The van der Waals surface area contributed by atoms with Crippen molar-refractivity contribution >= 4 is 45.9 Å². The molecule has 0 aliphatic heterocycles. The molecule has 1 aromatic heterocycles. The van der Waals surface area contributed by atoms with Crippen molar-refractivity contribution in [2.45, 2.75) is 89.2 Å². The average Bonchev–Trinajstić information content (AvgIpc) is 3.51. The lowest BCUT2D eigenvalue weighted by Gasteiger charge is -2.41. The van der Waals surface area contributed by atoms with Crippen molar-refractivity contribution in [3.8, 4) is 11.1 Å². The fourth-order valence-corrected chi connectivity index (χ4v) is 6.52. The molecule has 0 unspecified atom stereocenters. The highest BCUT2D eigenvalue weighted by molar-refractivity contribution is 6.16. The van der Waals surface area contributed by atoms with Gasteiger partial charge in [0, 0.05) is 62.0 Å². The first-order valence-corrected chi connectivity index (χ1v) is 19.0. The lowest BCUT2D eigenvalue weighted by molar-refractivity contribution is -0.140. The summed E-state index contributed by atoms with van der Waals surface area (Å²) < 4.78 is 30.8. The maximum Gasteiger partial charge on any atom is 0.303 e. The number of benzene rings is 2. The van der Waals surface area contributed by atoms with Gasteiger partial charge in [-0.25, -0.2) is 8.78 Å². The molecule has 302 valence electrons. The fraction of sp³-hybridized carbons (Fsp3) is 0.475. The normalized spacial score (nSPS) is 13.3. The smallest absolute Gasteiger partial charge is 0.303 e. The molecule has 1 heterocycles. The lowest BCUT2D eigenvalue weighted by Crippen LogP contribution is -2.50. The molecule has 56 heavy (non-hydrogen) atoms. The van der Waals surface area contributed by atoms with Crippen LogP contribution in [0.4, 0.5) is 8.78 Å². The molecule has 13 nitrogen and oxygen atoms in total. The average molecular weight is 795 g/mol. The molecule has 0 saturated carbocycles. The molecule has 4 amide bonds. The first-order chi connectivity index (χ1) is 26.2. The van der Waals surface area contributed by atoms with E-state index < -0.39 is 75.7 Å². The number of aliphatic carboxylic acids is 1. The first kappa shape index (κ1) is 45.8. The number of amides is 4. The van der Waals surface area contributed by atoms with Crippen LogP contribution in [0.5, 0.6) is 0 Å². The van der Waals surface area contributed by atoms with Gasteiger partial charge in [-0.05, 0) is 48.1 Å². The van der Waals surface area contributed by atoms with Gasteiger partial charge in [-0.3, -0.25) is 24.0 Å². The summed E-state index contributed by atoms with van der Waals surface area (Å²) in [6, 6.07) is 11.4. The number of aliphatic hydroxyl groups excluding tert-OH is 1. The first-order valence-electron chi connectivity index (χ1n) is 18.4. The number of carboxylic acids is 1. The topological polar surface area (TPSA) is 196 Å². The van der Waals surface area contributed by atoms with Crippen LogP contribution in [0.25, 0.3) is 11.1 Å². The van der Waals surface area contributed by atoms with E-state index in [1.807, 2.05) is 69.5 Å². The maximum atomic E-state index is 15.0. The lowest BCUT2D eigenvalue weighted by atomic mass is 9.82. The van der Waals surface area contributed by atoms with Crippen molar-refractivity contribution in [1.29, 1.82) is 0 Å². The molecule has 0 fully saturated rings. The zero-order valence-electron chi connectivity index (χ0n) is 32.6. The number of carbonyl (C=O) groups is 5. The monoisotopic (exact) mass is 794 g/mol. The zero-order chi connectivity index (χ0) is 41.8. The molecule has 0 aliphatic rings. The van der Waals surface area contributed by atoms with Crippen LogP contribution >= 0.6 is 0 Å². The number of nitrogens with zero attached hydrogens (tertiary/aromatic N) is 2. The van der Waals surface area contributed by atoms with E-state index in [0.717, 1.165) is 23.8 Å². The van der Waals surface area contributed by atoms with Crippen LogP contribution in [0.1, 0.15) is 77.6 Å². The van der Waals surface area contributed by atoms with Crippen molar-refractivity contribution in [2.75, 3.05) is 26.2 Å². The van der Waals surface area contributed by atoms with Crippen LogP contribution in [0, 0.1) is 17.0 Å². The van der Waals surface area contributed by atoms with E-state index in [9.17, 15) is 33.5 Å².